The summed E-state index contributed by atoms with van der Waals surface area (Å²) in [6.07, 6.45) is 0. The van der Waals surface area contributed by atoms with Crippen LogP contribution < -0.4 is 5.73 Å². The van der Waals surface area contributed by atoms with E-state index in [0.29, 0.717) is 5.57 Å². The number of carbonyl (C=O) groups excluding carboxylic acids is 1. The van der Waals surface area contributed by atoms with Crippen molar-refractivity contribution in [3.8, 4) is 0 Å². The van der Waals surface area contributed by atoms with Gasteiger partial charge in [0, 0.05) is 16.0 Å². The van der Waals surface area contributed by atoms with E-state index in [1.807, 2.05) is 17.5 Å². The van der Waals surface area contributed by atoms with E-state index in [4.69, 9.17) is 17.3 Å². The van der Waals surface area contributed by atoms with Gasteiger partial charge in [-0.3, -0.25) is 4.79 Å². The van der Waals surface area contributed by atoms with E-state index in [1.54, 1.807) is 0 Å². The van der Waals surface area contributed by atoms with E-state index >= 15 is 0 Å². The van der Waals surface area contributed by atoms with Gasteiger partial charge in [0.2, 0.25) is 0 Å². The summed E-state index contributed by atoms with van der Waals surface area (Å²) in [5.41, 5.74) is 7.54. The van der Waals surface area contributed by atoms with Crippen LogP contribution in [0.4, 0.5) is 0 Å². The zero-order valence-corrected chi connectivity index (χ0v) is 9.14. The SMILES string of the molecule is COC(=O)C(N)/C(=C/Cl)c1cccs1. The van der Waals surface area contributed by atoms with E-state index < -0.39 is 12.0 Å². The lowest BCUT2D eigenvalue weighted by molar-refractivity contribution is -0.140. The molecule has 76 valence electrons. The van der Waals surface area contributed by atoms with Crippen LogP contribution in [0.5, 0.6) is 0 Å². The first kappa shape index (κ1) is 11.2. The number of nitrogens with two attached hydrogens (primary N) is 1. The highest BCUT2D eigenvalue weighted by atomic mass is 35.5. The van der Waals surface area contributed by atoms with Crippen molar-refractivity contribution in [2.24, 2.45) is 5.73 Å². The average Bonchev–Trinajstić information content (AvgIpc) is 2.71. The summed E-state index contributed by atoms with van der Waals surface area (Å²) in [6, 6.07) is 2.89. The zero-order valence-electron chi connectivity index (χ0n) is 7.57. The number of esters is 1. The minimum atomic E-state index is -0.823. The Labute approximate surface area is 91.1 Å². The first-order chi connectivity index (χ1) is 6.70. The minimum Gasteiger partial charge on any atom is -0.468 e. The summed E-state index contributed by atoms with van der Waals surface area (Å²) in [7, 11) is 1.29. The van der Waals surface area contributed by atoms with Crippen LogP contribution in [0.1, 0.15) is 4.88 Å². The van der Waals surface area contributed by atoms with Crippen molar-refractivity contribution in [2.75, 3.05) is 7.11 Å². The first-order valence-corrected chi connectivity index (χ1v) is 5.20. The van der Waals surface area contributed by atoms with Crippen molar-refractivity contribution in [3.05, 3.63) is 27.9 Å². The van der Waals surface area contributed by atoms with Crippen LogP contribution in [0, 0.1) is 0 Å². The molecule has 14 heavy (non-hydrogen) atoms. The standard InChI is InChI=1S/C9H10ClNO2S/c1-13-9(12)8(11)6(5-10)7-3-2-4-14-7/h2-5,8H,11H2,1H3/b6-5+. The molecule has 0 aliphatic heterocycles. The summed E-state index contributed by atoms with van der Waals surface area (Å²) in [5.74, 6) is -0.495. The molecular formula is C9H10ClNO2S. The molecule has 1 atom stereocenters. The predicted molar refractivity (Wildman–Crippen MR) is 58.1 cm³/mol. The number of hydrogen-bond acceptors (Lipinski definition) is 4. The van der Waals surface area contributed by atoms with Crippen molar-refractivity contribution < 1.29 is 9.53 Å². The van der Waals surface area contributed by atoms with Gasteiger partial charge in [-0.2, -0.15) is 0 Å². The van der Waals surface area contributed by atoms with Crippen LogP contribution in [0.15, 0.2) is 23.0 Å². The monoisotopic (exact) mass is 231 g/mol. The molecule has 5 heteroatoms. The molecule has 0 aromatic carbocycles. The lowest BCUT2D eigenvalue weighted by atomic mass is 10.1. The third-order valence-electron chi connectivity index (χ3n) is 1.71. The van der Waals surface area contributed by atoms with Gasteiger partial charge in [-0.25, -0.2) is 0 Å². The first-order valence-electron chi connectivity index (χ1n) is 3.88. The van der Waals surface area contributed by atoms with Crippen molar-refractivity contribution >= 4 is 34.5 Å². The van der Waals surface area contributed by atoms with Crippen LogP contribution in [0.2, 0.25) is 0 Å². The van der Waals surface area contributed by atoms with E-state index in [9.17, 15) is 4.79 Å². The normalized spacial score (nSPS) is 13.8. The van der Waals surface area contributed by atoms with Crippen LogP contribution in [-0.4, -0.2) is 19.1 Å². The largest absolute Gasteiger partial charge is 0.468 e. The molecule has 0 radical (unpaired) electrons. The van der Waals surface area contributed by atoms with Crippen LogP contribution in [0.3, 0.4) is 0 Å². The predicted octanol–water partition coefficient (Wildman–Crippen LogP) is 1.83. The van der Waals surface area contributed by atoms with Crippen molar-refractivity contribution in [2.45, 2.75) is 6.04 Å². The molecule has 2 N–H and O–H groups in total. The number of thiophene rings is 1. The van der Waals surface area contributed by atoms with Crippen molar-refractivity contribution in [1.82, 2.24) is 0 Å². The zero-order chi connectivity index (χ0) is 10.6. The maximum absolute atomic E-state index is 11.2. The van der Waals surface area contributed by atoms with E-state index in [-0.39, 0.29) is 0 Å². The molecule has 0 aliphatic rings. The number of halogens is 1. The van der Waals surface area contributed by atoms with E-state index in [0.717, 1.165) is 4.88 Å². The Morgan fingerprint density at radius 3 is 2.93 bits per heavy atom. The Kier molecular flexibility index (Phi) is 4.13. The molecule has 1 aromatic heterocycles. The number of carbonyl (C=O) groups is 1. The molecule has 0 spiro atoms. The third-order valence-corrected chi connectivity index (χ3v) is 2.87. The number of hydrogen-bond donors (Lipinski definition) is 1. The second kappa shape index (κ2) is 5.14. The number of rotatable bonds is 3. The maximum atomic E-state index is 11.2. The summed E-state index contributed by atoms with van der Waals surface area (Å²) < 4.78 is 4.53. The van der Waals surface area contributed by atoms with Gasteiger partial charge in [-0.15, -0.1) is 11.3 Å². The van der Waals surface area contributed by atoms with Gasteiger partial charge in [0.25, 0.3) is 0 Å². The highest BCUT2D eigenvalue weighted by Crippen LogP contribution is 2.23. The summed E-state index contributed by atoms with van der Waals surface area (Å²) in [4.78, 5) is 12.0. The van der Waals surface area contributed by atoms with E-state index in [2.05, 4.69) is 4.74 Å². The van der Waals surface area contributed by atoms with Gasteiger partial charge < -0.3 is 10.5 Å². The molecule has 1 rings (SSSR count). The third kappa shape index (κ3) is 2.35. The summed E-state index contributed by atoms with van der Waals surface area (Å²) in [6.45, 7) is 0. The molecule has 0 bridgehead atoms. The maximum Gasteiger partial charge on any atom is 0.327 e. The topological polar surface area (TPSA) is 52.3 Å². The van der Waals surface area contributed by atoms with Gasteiger partial charge in [-0.05, 0) is 11.4 Å². The lowest BCUT2D eigenvalue weighted by Crippen LogP contribution is -2.32. The average molecular weight is 232 g/mol. The Balaban J connectivity index is 2.89. The molecule has 0 saturated heterocycles. The Morgan fingerprint density at radius 1 is 1.79 bits per heavy atom. The molecule has 1 unspecified atom stereocenters. The van der Waals surface area contributed by atoms with Gasteiger partial charge >= 0.3 is 5.97 Å². The van der Waals surface area contributed by atoms with Crippen LogP contribution >= 0.6 is 22.9 Å². The van der Waals surface area contributed by atoms with Crippen LogP contribution in [-0.2, 0) is 9.53 Å². The summed E-state index contributed by atoms with van der Waals surface area (Å²) >= 11 is 7.08. The molecule has 1 aromatic rings. The van der Waals surface area contributed by atoms with Crippen LogP contribution in [0.25, 0.3) is 5.57 Å². The van der Waals surface area contributed by atoms with E-state index in [1.165, 1.54) is 24.0 Å². The Hall–Kier alpha value is -0.840. The number of methoxy groups -OCH3 is 1. The highest BCUT2D eigenvalue weighted by molar-refractivity contribution is 7.11. The lowest BCUT2D eigenvalue weighted by Gasteiger charge is -2.10. The Morgan fingerprint density at radius 2 is 2.50 bits per heavy atom. The smallest absolute Gasteiger partial charge is 0.327 e. The highest BCUT2D eigenvalue weighted by Gasteiger charge is 2.20. The molecule has 0 fully saturated rings. The Bertz CT molecular complexity index is 335. The van der Waals surface area contributed by atoms with Gasteiger partial charge in [0.1, 0.15) is 6.04 Å². The fraction of sp³-hybridized carbons (Fsp3) is 0.222. The van der Waals surface area contributed by atoms with Gasteiger partial charge in [0.05, 0.1) is 7.11 Å². The van der Waals surface area contributed by atoms with Gasteiger partial charge in [-0.1, -0.05) is 17.7 Å². The molecule has 0 saturated carbocycles. The second-order valence-corrected chi connectivity index (χ2v) is 3.71. The van der Waals surface area contributed by atoms with Crippen molar-refractivity contribution in [1.29, 1.82) is 0 Å². The minimum absolute atomic E-state index is 0.495. The quantitative estimate of drug-likeness (QED) is 0.808. The molecule has 0 amide bonds. The fourth-order valence-corrected chi connectivity index (χ4v) is 2.07. The fourth-order valence-electron chi connectivity index (χ4n) is 0.972. The molecule has 0 aliphatic carbocycles. The van der Waals surface area contributed by atoms with Gasteiger partial charge in [0.15, 0.2) is 0 Å². The number of ether oxygens (including phenoxy) is 1. The molecular weight excluding hydrogens is 222 g/mol. The molecule has 3 nitrogen and oxygen atoms in total. The van der Waals surface area contributed by atoms with Crippen molar-refractivity contribution in [3.63, 3.8) is 0 Å². The summed E-state index contributed by atoms with van der Waals surface area (Å²) in [5, 5.41) is 1.89. The second-order valence-electron chi connectivity index (χ2n) is 2.54. The molecule has 1 heterocycles.